The van der Waals surface area contributed by atoms with Crippen molar-refractivity contribution < 1.29 is 9.94 Å². The Kier molecular flexibility index (Phi) is 4.57. The van der Waals surface area contributed by atoms with Crippen LogP contribution in [-0.2, 0) is 6.54 Å². The van der Waals surface area contributed by atoms with E-state index in [2.05, 4.69) is 35.3 Å². The molecule has 0 amide bonds. The van der Waals surface area contributed by atoms with E-state index in [4.69, 9.17) is 9.94 Å². The van der Waals surface area contributed by atoms with E-state index in [9.17, 15) is 0 Å². The first-order valence-corrected chi connectivity index (χ1v) is 5.62. The van der Waals surface area contributed by atoms with Gasteiger partial charge in [0.2, 0.25) is 0 Å². The fraction of sp³-hybridized carbons (Fsp3) is 0.455. The molecule has 0 unspecified atom stereocenters. The van der Waals surface area contributed by atoms with Gasteiger partial charge in [0.1, 0.15) is 5.75 Å². The van der Waals surface area contributed by atoms with Gasteiger partial charge in [-0.3, -0.25) is 0 Å². The molecule has 0 aliphatic rings. The number of hydrogen-bond donors (Lipinski definition) is 2. The standard InChI is InChI=1S/C11H16BrNO2/c1-7(2)10-5-9(12)4-8(6-13-14)11(10)15-3/h4-5,7,13-14H,6H2,1-3H3. The van der Waals surface area contributed by atoms with Gasteiger partial charge in [-0.15, -0.1) is 0 Å². The van der Waals surface area contributed by atoms with Gasteiger partial charge >= 0.3 is 0 Å². The summed E-state index contributed by atoms with van der Waals surface area (Å²) < 4.78 is 6.37. The summed E-state index contributed by atoms with van der Waals surface area (Å²) >= 11 is 3.45. The van der Waals surface area contributed by atoms with Gasteiger partial charge in [0, 0.05) is 16.6 Å². The molecule has 0 aliphatic carbocycles. The second-order valence-corrected chi connectivity index (χ2v) is 4.59. The Labute approximate surface area is 98.5 Å². The summed E-state index contributed by atoms with van der Waals surface area (Å²) in [4.78, 5) is 0. The number of nitrogens with one attached hydrogen (secondary N) is 1. The Hall–Kier alpha value is -0.580. The maximum absolute atomic E-state index is 8.74. The van der Waals surface area contributed by atoms with Crippen LogP contribution < -0.4 is 10.2 Å². The van der Waals surface area contributed by atoms with Gasteiger partial charge < -0.3 is 9.94 Å². The van der Waals surface area contributed by atoms with Gasteiger partial charge in [-0.2, -0.15) is 0 Å². The quantitative estimate of drug-likeness (QED) is 0.829. The van der Waals surface area contributed by atoms with Crippen molar-refractivity contribution in [3.63, 3.8) is 0 Å². The van der Waals surface area contributed by atoms with Gasteiger partial charge in [-0.25, -0.2) is 5.48 Å². The van der Waals surface area contributed by atoms with Gasteiger partial charge in [-0.05, 0) is 23.6 Å². The minimum atomic E-state index is 0.377. The lowest BCUT2D eigenvalue weighted by Gasteiger charge is -2.16. The topological polar surface area (TPSA) is 41.5 Å². The molecule has 1 aromatic carbocycles. The van der Waals surface area contributed by atoms with Crippen LogP contribution in [0.3, 0.4) is 0 Å². The van der Waals surface area contributed by atoms with Crippen molar-refractivity contribution in [3.8, 4) is 5.75 Å². The molecule has 15 heavy (non-hydrogen) atoms. The molecule has 2 N–H and O–H groups in total. The van der Waals surface area contributed by atoms with Crippen LogP contribution in [0.5, 0.6) is 5.75 Å². The van der Waals surface area contributed by atoms with Crippen molar-refractivity contribution in [3.05, 3.63) is 27.7 Å². The first-order chi connectivity index (χ1) is 7.10. The highest BCUT2D eigenvalue weighted by atomic mass is 79.9. The highest BCUT2D eigenvalue weighted by molar-refractivity contribution is 9.10. The SMILES string of the molecule is COc1c(CNO)cc(Br)cc1C(C)C. The Bertz CT molecular complexity index is 340. The zero-order valence-corrected chi connectivity index (χ0v) is 10.8. The molecule has 1 rings (SSSR count). The molecule has 0 fully saturated rings. The monoisotopic (exact) mass is 273 g/mol. The normalized spacial score (nSPS) is 10.8. The lowest BCUT2D eigenvalue weighted by Crippen LogP contribution is -2.09. The third-order valence-electron chi connectivity index (χ3n) is 2.25. The van der Waals surface area contributed by atoms with Crippen molar-refractivity contribution in [1.82, 2.24) is 5.48 Å². The van der Waals surface area contributed by atoms with Crippen LogP contribution in [0.4, 0.5) is 0 Å². The summed E-state index contributed by atoms with van der Waals surface area (Å²) in [5.74, 6) is 1.23. The zero-order chi connectivity index (χ0) is 11.4. The maximum Gasteiger partial charge on any atom is 0.126 e. The van der Waals surface area contributed by atoms with Crippen LogP contribution in [0.25, 0.3) is 0 Å². The number of hydroxylamine groups is 1. The Morgan fingerprint density at radius 1 is 1.47 bits per heavy atom. The van der Waals surface area contributed by atoms with E-state index in [1.165, 1.54) is 0 Å². The van der Waals surface area contributed by atoms with Crippen molar-refractivity contribution in [2.45, 2.75) is 26.3 Å². The van der Waals surface area contributed by atoms with Crippen LogP contribution in [0.2, 0.25) is 0 Å². The third kappa shape index (κ3) is 2.93. The van der Waals surface area contributed by atoms with Gasteiger partial charge in [0.05, 0.1) is 7.11 Å². The molecule has 84 valence electrons. The summed E-state index contributed by atoms with van der Waals surface area (Å²) in [5, 5.41) is 8.74. The van der Waals surface area contributed by atoms with Gasteiger partial charge in [-0.1, -0.05) is 29.8 Å². The van der Waals surface area contributed by atoms with E-state index in [1.54, 1.807) is 7.11 Å². The second-order valence-electron chi connectivity index (χ2n) is 3.68. The minimum Gasteiger partial charge on any atom is -0.496 e. The molecule has 0 spiro atoms. The highest BCUT2D eigenvalue weighted by Gasteiger charge is 2.13. The number of benzene rings is 1. The summed E-state index contributed by atoms with van der Waals surface area (Å²) in [6.45, 7) is 4.60. The van der Waals surface area contributed by atoms with E-state index in [-0.39, 0.29) is 0 Å². The summed E-state index contributed by atoms with van der Waals surface area (Å²) in [6, 6.07) is 3.98. The molecular formula is C11H16BrNO2. The smallest absolute Gasteiger partial charge is 0.126 e. The fourth-order valence-corrected chi connectivity index (χ4v) is 2.09. The molecule has 0 saturated carbocycles. The second kappa shape index (κ2) is 5.49. The molecular weight excluding hydrogens is 258 g/mol. The van der Waals surface area contributed by atoms with Crippen molar-refractivity contribution in [1.29, 1.82) is 0 Å². The number of halogens is 1. The number of ether oxygens (including phenoxy) is 1. The van der Waals surface area contributed by atoms with Crippen LogP contribution in [0.15, 0.2) is 16.6 Å². The molecule has 0 aliphatic heterocycles. The Balaban J connectivity index is 3.25. The number of hydrogen-bond acceptors (Lipinski definition) is 3. The lowest BCUT2D eigenvalue weighted by atomic mass is 9.99. The lowest BCUT2D eigenvalue weighted by molar-refractivity contribution is 0.160. The van der Waals surface area contributed by atoms with Crippen LogP contribution in [0.1, 0.15) is 30.9 Å². The largest absolute Gasteiger partial charge is 0.496 e. The molecule has 4 heteroatoms. The molecule has 1 aromatic rings. The van der Waals surface area contributed by atoms with Gasteiger partial charge in [0.25, 0.3) is 0 Å². The first kappa shape index (κ1) is 12.5. The predicted octanol–water partition coefficient (Wildman–Crippen LogP) is 3.06. The fourth-order valence-electron chi connectivity index (χ4n) is 1.57. The first-order valence-electron chi connectivity index (χ1n) is 4.83. The van der Waals surface area contributed by atoms with Crippen molar-refractivity contribution >= 4 is 15.9 Å². The Morgan fingerprint density at radius 3 is 2.60 bits per heavy atom. The van der Waals surface area contributed by atoms with E-state index in [0.717, 1.165) is 21.3 Å². The average molecular weight is 274 g/mol. The molecule has 0 heterocycles. The summed E-state index contributed by atoms with van der Waals surface area (Å²) in [6.07, 6.45) is 0. The molecule has 0 radical (unpaired) electrons. The van der Waals surface area contributed by atoms with Crippen molar-refractivity contribution in [2.24, 2.45) is 0 Å². The molecule has 0 atom stereocenters. The van der Waals surface area contributed by atoms with Crippen LogP contribution in [-0.4, -0.2) is 12.3 Å². The molecule has 0 saturated heterocycles. The van der Waals surface area contributed by atoms with Crippen LogP contribution >= 0.6 is 15.9 Å². The Morgan fingerprint density at radius 2 is 2.13 bits per heavy atom. The minimum absolute atomic E-state index is 0.377. The molecule has 0 bridgehead atoms. The highest BCUT2D eigenvalue weighted by Crippen LogP contribution is 2.33. The van der Waals surface area contributed by atoms with E-state index >= 15 is 0 Å². The maximum atomic E-state index is 8.74. The van der Waals surface area contributed by atoms with E-state index in [0.29, 0.717) is 12.5 Å². The number of methoxy groups -OCH3 is 1. The zero-order valence-electron chi connectivity index (χ0n) is 9.17. The van der Waals surface area contributed by atoms with Crippen LogP contribution in [0, 0.1) is 0 Å². The predicted molar refractivity (Wildman–Crippen MR) is 63.4 cm³/mol. The van der Waals surface area contributed by atoms with Crippen molar-refractivity contribution in [2.75, 3.05) is 7.11 Å². The van der Waals surface area contributed by atoms with E-state index in [1.807, 2.05) is 12.1 Å². The third-order valence-corrected chi connectivity index (χ3v) is 2.71. The van der Waals surface area contributed by atoms with E-state index < -0.39 is 0 Å². The molecule has 0 aromatic heterocycles. The average Bonchev–Trinajstić information content (AvgIpc) is 2.17. The summed E-state index contributed by atoms with van der Waals surface area (Å²) in [7, 11) is 1.65. The molecule has 3 nitrogen and oxygen atoms in total. The number of rotatable bonds is 4. The summed E-state index contributed by atoms with van der Waals surface area (Å²) in [5.41, 5.74) is 4.23. The van der Waals surface area contributed by atoms with Gasteiger partial charge in [0.15, 0.2) is 0 Å².